The summed E-state index contributed by atoms with van der Waals surface area (Å²) in [4.78, 5) is 38.2. The molecule has 0 radical (unpaired) electrons. The number of allylic oxidation sites excluding steroid dienone is 14. The fraction of sp³-hybridized carbons (Fsp3) is 0.746. The van der Waals surface area contributed by atoms with E-state index in [2.05, 4.69) is 106 Å². The van der Waals surface area contributed by atoms with Gasteiger partial charge in [0.25, 0.3) is 0 Å². The molecule has 6 heteroatoms. The van der Waals surface area contributed by atoms with Gasteiger partial charge in [-0.3, -0.25) is 14.4 Å². The van der Waals surface area contributed by atoms with Gasteiger partial charge in [-0.2, -0.15) is 0 Å². The van der Waals surface area contributed by atoms with Crippen molar-refractivity contribution < 1.29 is 28.6 Å². The number of hydrogen-bond acceptors (Lipinski definition) is 6. The molecule has 0 aromatic carbocycles. The average molecular weight is 1020 g/mol. The summed E-state index contributed by atoms with van der Waals surface area (Å²) in [6.07, 6.45) is 80.2. The van der Waals surface area contributed by atoms with Crippen molar-refractivity contribution in [3.8, 4) is 0 Å². The summed E-state index contributed by atoms with van der Waals surface area (Å²) in [6.45, 7) is 6.47. The van der Waals surface area contributed by atoms with Crippen LogP contribution in [0.4, 0.5) is 0 Å². The van der Waals surface area contributed by atoms with Crippen molar-refractivity contribution in [3.63, 3.8) is 0 Å². The first-order chi connectivity index (χ1) is 36.0. The van der Waals surface area contributed by atoms with Gasteiger partial charge in [-0.1, -0.05) is 260 Å². The molecule has 0 saturated heterocycles. The predicted octanol–water partition coefficient (Wildman–Crippen LogP) is 21.1. The Kier molecular flexibility index (Phi) is 58.3. The standard InChI is InChI=1S/C67H116O6/c1-4-7-10-13-16-19-22-24-26-28-29-30-31-32-33-34-35-36-37-39-40-42-45-48-51-54-57-60-66(69)72-63-64(62-71-65(68)59-56-53-50-47-44-21-18-15-12-9-6-3)73-67(70)61-58-55-52-49-46-43-41-38-27-25-23-20-17-14-11-8-5-2/h8,11,15,17-18,20,22,24-25,27-29,41,43,64H,4-7,9-10,12-14,16,19,21,23,26,30-40,42,44-63H2,1-3H3/b11-8-,18-15-,20-17-,24-22-,27-25-,29-28-,43-41-. The van der Waals surface area contributed by atoms with E-state index in [0.29, 0.717) is 19.3 Å². The van der Waals surface area contributed by atoms with E-state index in [-0.39, 0.29) is 31.1 Å². The molecule has 0 spiro atoms. The zero-order valence-electron chi connectivity index (χ0n) is 48.1. The van der Waals surface area contributed by atoms with Crippen molar-refractivity contribution in [2.75, 3.05) is 13.2 Å². The lowest BCUT2D eigenvalue weighted by atomic mass is 10.0. The van der Waals surface area contributed by atoms with Crippen LogP contribution in [-0.2, 0) is 28.6 Å². The quantitative estimate of drug-likeness (QED) is 0.0261. The van der Waals surface area contributed by atoms with E-state index in [1.807, 2.05) is 0 Å². The van der Waals surface area contributed by atoms with Gasteiger partial charge in [-0.05, 0) is 109 Å². The van der Waals surface area contributed by atoms with Crippen LogP contribution >= 0.6 is 0 Å². The van der Waals surface area contributed by atoms with E-state index in [1.54, 1.807) is 0 Å². The number of esters is 3. The maximum Gasteiger partial charge on any atom is 0.306 e. The van der Waals surface area contributed by atoms with Crippen LogP contribution in [0.3, 0.4) is 0 Å². The Bertz CT molecular complexity index is 1400. The lowest BCUT2D eigenvalue weighted by Crippen LogP contribution is -2.30. The van der Waals surface area contributed by atoms with Crippen LogP contribution in [0.15, 0.2) is 85.1 Å². The van der Waals surface area contributed by atoms with Crippen molar-refractivity contribution in [2.24, 2.45) is 0 Å². The normalized spacial score (nSPS) is 12.6. The lowest BCUT2D eigenvalue weighted by molar-refractivity contribution is -0.167. The maximum absolute atomic E-state index is 12.9. The summed E-state index contributed by atoms with van der Waals surface area (Å²) in [5.41, 5.74) is 0. The number of carbonyl (C=O) groups excluding carboxylic acids is 3. The molecule has 1 unspecified atom stereocenters. The third kappa shape index (κ3) is 59.3. The molecule has 6 nitrogen and oxygen atoms in total. The smallest absolute Gasteiger partial charge is 0.306 e. The number of carbonyl (C=O) groups is 3. The Morgan fingerprint density at radius 2 is 0.548 bits per heavy atom. The Morgan fingerprint density at radius 1 is 0.288 bits per heavy atom. The first-order valence-corrected chi connectivity index (χ1v) is 31.1. The van der Waals surface area contributed by atoms with Crippen LogP contribution in [0, 0.1) is 0 Å². The Labute approximate surface area is 452 Å². The fourth-order valence-electron chi connectivity index (χ4n) is 8.68. The molecule has 0 aliphatic carbocycles. The van der Waals surface area contributed by atoms with Crippen LogP contribution < -0.4 is 0 Å². The first-order valence-electron chi connectivity index (χ1n) is 31.1. The molecule has 0 aromatic heterocycles. The van der Waals surface area contributed by atoms with Gasteiger partial charge in [-0.25, -0.2) is 0 Å². The van der Waals surface area contributed by atoms with Crippen molar-refractivity contribution in [1.82, 2.24) is 0 Å². The summed E-state index contributed by atoms with van der Waals surface area (Å²) in [5, 5.41) is 0. The molecule has 1 atom stereocenters. The van der Waals surface area contributed by atoms with E-state index in [4.69, 9.17) is 14.2 Å². The highest BCUT2D eigenvalue weighted by molar-refractivity contribution is 5.71. The van der Waals surface area contributed by atoms with Gasteiger partial charge in [0.05, 0.1) is 0 Å². The molecule has 0 rings (SSSR count). The molecular formula is C67H116O6. The average Bonchev–Trinajstić information content (AvgIpc) is 3.39. The molecule has 0 aliphatic rings. The third-order valence-electron chi connectivity index (χ3n) is 13.4. The molecule has 0 saturated carbocycles. The number of rotatable bonds is 56. The van der Waals surface area contributed by atoms with Crippen LogP contribution in [0.1, 0.15) is 303 Å². The zero-order valence-corrected chi connectivity index (χ0v) is 48.1. The van der Waals surface area contributed by atoms with Crippen molar-refractivity contribution in [3.05, 3.63) is 85.1 Å². The van der Waals surface area contributed by atoms with E-state index in [0.717, 1.165) is 109 Å². The topological polar surface area (TPSA) is 78.9 Å². The van der Waals surface area contributed by atoms with Gasteiger partial charge < -0.3 is 14.2 Å². The fourth-order valence-corrected chi connectivity index (χ4v) is 8.68. The molecule has 0 heterocycles. The van der Waals surface area contributed by atoms with Gasteiger partial charge in [0.2, 0.25) is 0 Å². The van der Waals surface area contributed by atoms with Gasteiger partial charge >= 0.3 is 17.9 Å². The molecule has 0 N–H and O–H groups in total. The summed E-state index contributed by atoms with van der Waals surface area (Å²) in [5.74, 6) is -0.914. The molecule has 0 bridgehead atoms. The molecular weight excluding hydrogens is 901 g/mol. The summed E-state index contributed by atoms with van der Waals surface area (Å²) >= 11 is 0. The van der Waals surface area contributed by atoms with Crippen LogP contribution in [0.2, 0.25) is 0 Å². The minimum absolute atomic E-state index is 0.0880. The monoisotopic (exact) mass is 1020 g/mol. The van der Waals surface area contributed by atoms with Crippen LogP contribution in [0.25, 0.3) is 0 Å². The molecule has 0 aromatic rings. The molecule has 0 aliphatic heterocycles. The Balaban J connectivity index is 4.25. The minimum Gasteiger partial charge on any atom is -0.462 e. The second-order valence-corrected chi connectivity index (χ2v) is 20.6. The lowest BCUT2D eigenvalue weighted by Gasteiger charge is -2.18. The van der Waals surface area contributed by atoms with Gasteiger partial charge in [0.15, 0.2) is 6.10 Å². The number of hydrogen-bond donors (Lipinski definition) is 0. The van der Waals surface area contributed by atoms with E-state index in [9.17, 15) is 14.4 Å². The highest BCUT2D eigenvalue weighted by atomic mass is 16.6. The number of unbranched alkanes of at least 4 members (excludes halogenated alkanes) is 31. The van der Waals surface area contributed by atoms with E-state index < -0.39 is 6.10 Å². The van der Waals surface area contributed by atoms with Crippen molar-refractivity contribution in [1.29, 1.82) is 0 Å². The summed E-state index contributed by atoms with van der Waals surface area (Å²) in [7, 11) is 0. The van der Waals surface area contributed by atoms with Crippen molar-refractivity contribution in [2.45, 2.75) is 309 Å². The first kappa shape index (κ1) is 69.6. The van der Waals surface area contributed by atoms with Gasteiger partial charge in [0, 0.05) is 19.3 Å². The number of ether oxygens (including phenoxy) is 3. The van der Waals surface area contributed by atoms with E-state index in [1.165, 1.54) is 154 Å². The second-order valence-electron chi connectivity index (χ2n) is 20.6. The Morgan fingerprint density at radius 3 is 0.890 bits per heavy atom. The predicted molar refractivity (Wildman–Crippen MR) is 316 cm³/mol. The molecule has 0 amide bonds. The maximum atomic E-state index is 12.9. The van der Waals surface area contributed by atoms with E-state index >= 15 is 0 Å². The largest absolute Gasteiger partial charge is 0.462 e. The third-order valence-corrected chi connectivity index (χ3v) is 13.4. The second kappa shape index (κ2) is 61.1. The summed E-state index contributed by atoms with van der Waals surface area (Å²) in [6, 6.07) is 0. The van der Waals surface area contributed by atoms with Gasteiger partial charge in [-0.15, -0.1) is 0 Å². The highest BCUT2D eigenvalue weighted by Crippen LogP contribution is 2.16. The van der Waals surface area contributed by atoms with Gasteiger partial charge in [0.1, 0.15) is 13.2 Å². The van der Waals surface area contributed by atoms with Crippen LogP contribution in [-0.4, -0.2) is 37.2 Å². The van der Waals surface area contributed by atoms with Crippen molar-refractivity contribution >= 4 is 17.9 Å². The molecule has 420 valence electrons. The highest BCUT2D eigenvalue weighted by Gasteiger charge is 2.19. The van der Waals surface area contributed by atoms with Crippen LogP contribution in [0.5, 0.6) is 0 Å². The minimum atomic E-state index is -0.793. The Hall–Kier alpha value is -3.41. The SMILES string of the molecule is CC/C=C\C/C=C\C/C=C\C/C=C\CCCCCCC(=O)OC(COC(=O)CCCCCCC/C=C\CCCC)COC(=O)CCCCCCCCCCCCCCCCC/C=C\C/C=C\CCCCCCC. The zero-order chi connectivity index (χ0) is 52.9. The summed E-state index contributed by atoms with van der Waals surface area (Å²) < 4.78 is 16.9. The molecule has 0 fully saturated rings. The molecule has 73 heavy (non-hydrogen) atoms.